The van der Waals surface area contributed by atoms with E-state index in [-0.39, 0.29) is 42.2 Å². The maximum absolute atomic E-state index is 13.6. The molecule has 1 rings (SSSR count). The van der Waals surface area contributed by atoms with Gasteiger partial charge in [-0.1, -0.05) is 40.5 Å². The number of nitrogens with one attached hydrogen (secondary N) is 1. The first-order valence-corrected chi connectivity index (χ1v) is 12.0. The van der Waals surface area contributed by atoms with E-state index in [1.165, 1.54) is 7.11 Å². The summed E-state index contributed by atoms with van der Waals surface area (Å²) in [5.74, 6) is -1.36. The van der Waals surface area contributed by atoms with Crippen molar-refractivity contribution in [2.45, 2.75) is 104 Å². The fourth-order valence-electron chi connectivity index (χ4n) is 4.74. The van der Waals surface area contributed by atoms with Gasteiger partial charge < -0.3 is 20.1 Å². The average molecular weight is 456 g/mol. The molecule has 1 heterocycles. The fraction of sp³-hybridized carbons (Fsp3) is 0.875. The van der Waals surface area contributed by atoms with E-state index in [1.54, 1.807) is 11.9 Å². The third-order valence-corrected chi connectivity index (χ3v) is 6.82. The Labute approximate surface area is 194 Å². The molecule has 1 aliphatic heterocycles. The van der Waals surface area contributed by atoms with Gasteiger partial charge >= 0.3 is 5.97 Å². The van der Waals surface area contributed by atoms with E-state index in [0.717, 1.165) is 32.2 Å². The number of hydrogen-bond acceptors (Lipinski definition) is 5. The summed E-state index contributed by atoms with van der Waals surface area (Å²) in [5.41, 5.74) is 0. The number of amides is 2. The molecule has 2 amide bonds. The molecule has 0 spiro atoms. The number of rotatable bonds is 12. The molecule has 0 radical (unpaired) electrons. The Morgan fingerprint density at radius 3 is 2.25 bits per heavy atom. The number of carbonyl (C=O) groups is 3. The van der Waals surface area contributed by atoms with Crippen molar-refractivity contribution < 1.29 is 24.2 Å². The summed E-state index contributed by atoms with van der Waals surface area (Å²) in [6.45, 7) is 12.9. The highest BCUT2D eigenvalue weighted by atomic mass is 16.5. The number of likely N-dealkylation sites (tertiary alicyclic amines) is 1. The van der Waals surface area contributed by atoms with Gasteiger partial charge in [-0.05, 0) is 45.1 Å². The summed E-state index contributed by atoms with van der Waals surface area (Å²) in [6, 6.07) is -1.06. The molecule has 2 N–H and O–H groups in total. The van der Waals surface area contributed by atoms with Crippen LogP contribution in [0, 0.1) is 11.8 Å². The minimum absolute atomic E-state index is 0.0338. The van der Waals surface area contributed by atoms with E-state index >= 15 is 0 Å². The molecule has 8 heteroatoms. The Balaban J connectivity index is 3.10. The van der Waals surface area contributed by atoms with Crippen LogP contribution in [0.15, 0.2) is 0 Å². The Morgan fingerprint density at radius 1 is 1.16 bits per heavy atom. The normalized spacial score (nSPS) is 21.1. The smallest absolute Gasteiger partial charge is 0.306 e. The van der Waals surface area contributed by atoms with E-state index < -0.39 is 24.2 Å². The standard InChI is InChI=1S/C24H45N3O5/c1-9-17(6)22(19(32-8)14-20(28)29)26(7)24(31)21(15(2)3)25-23(30)18-12-10-11-13-27(18)16(4)5/h15-19,21-22H,9-14H2,1-8H3,(H,25,30)(H,28,29)/t17-,18+,19+,21-,22-/m0/s1. The van der Waals surface area contributed by atoms with Crippen LogP contribution in [0.1, 0.15) is 73.6 Å². The lowest BCUT2D eigenvalue weighted by Gasteiger charge is -2.41. The van der Waals surface area contributed by atoms with Gasteiger partial charge in [-0.2, -0.15) is 0 Å². The Bertz CT molecular complexity index is 625. The van der Waals surface area contributed by atoms with Crippen molar-refractivity contribution in [1.29, 1.82) is 0 Å². The monoisotopic (exact) mass is 455 g/mol. The number of methoxy groups -OCH3 is 1. The van der Waals surface area contributed by atoms with Gasteiger partial charge in [-0.25, -0.2) is 0 Å². The first kappa shape index (κ1) is 28.4. The lowest BCUT2D eigenvalue weighted by Crippen LogP contribution is -2.60. The molecule has 0 aromatic rings. The number of piperidine rings is 1. The van der Waals surface area contributed by atoms with Gasteiger partial charge in [0.05, 0.1) is 24.6 Å². The van der Waals surface area contributed by atoms with Gasteiger partial charge in [0, 0.05) is 20.2 Å². The highest BCUT2D eigenvalue weighted by molar-refractivity contribution is 5.90. The number of carbonyl (C=O) groups excluding carboxylic acids is 2. The highest BCUT2D eigenvalue weighted by Gasteiger charge is 2.39. The minimum Gasteiger partial charge on any atom is -0.481 e. The molecule has 0 aromatic carbocycles. The molecule has 8 nitrogen and oxygen atoms in total. The first-order valence-electron chi connectivity index (χ1n) is 12.0. The molecule has 1 fully saturated rings. The molecule has 0 aliphatic carbocycles. The number of carboxylic acids is 1. The first-order chi connectivity index (χ1) is 15.0. The molecule has 0 unspecified atom stereocenters. The molecule has 32 heavy (non-hydrogen) atoms. The molecular weight excluding hydrogens is 410 g/mol. The summed E-state index contributed by atoms with van der Waals surface area (Å²) < 4.78 is 5.51. The zero-order chi connectivity index (χ0) is 24.6. The largest absolute Gasteiger partial charge is 0.481 e. The van der Waals surface area contributed by atoms with Crippen LogP contribution in [0.2, 0.25) is 0 Å². The Kier molecular flexibility index (Phi) is 11.6. The summed E-state index contributed by atoms with van der Waals surface area (Å²) in [7, 11) is 3.17. The van der Waals surface area contributed by atoms with Crippen LogP contribution in [-0.4, -0.2) is 83.7 Å². The van der Waals surface area contributed by atoms with Crippen molar-refractivity contribution in [3.05, 3.63) is 0 Å². The number of likely N-dealkylation sites (N-methyl/N-ethyl adjacent to an activating group) is 1. The summed E-state index contributed by atoms with van der Waals surface area (Å²) in [6.07, 6.45) is 2.82. The van der Waals surface area contributed by atoms with Gasteiger partial charge in [0.25, 0.3) is 0 Å². The summed E-state index contributed by atoms with van der Waals surface area (Å²) in [5, 5.41) is 12.4. The molecule has 1 saturated heterocycles. The number of carboxylic acid groups (broad SMARTS) is 1. The van der Waals surface area contributed by atoms with Gasteiger partial charge in [0.2, 0.25) is 11.8 Å². The summed E-state index contributed by atoms with van der Waals surface area (Å²) >= 11 is 0. The molecule has 0 bridgehead atoms. The van der Waals surface area contributed by atoms with Crippen LogP contribution in [0.25, 0.3) is 0 Å². The maximum atomic E-state index is 13.6. The molecular formula is C24H45N3O5. The fourth-order valence-corrected chi connectivity index (χ4v) is 4.74. The summed E-state index contributed by atoms with van der Waals surface area (Å²) in [4.78, 5) is 42.0. The molecule has 0 saturated carbocycles. The van der Waals surface area contributed by atoms with E-state index in [9.17, 15) is 19.5 Å². The van der Waals surface area contributed by atoms with E-state index in [0.29, 0.717) is 0 Å². The van der Waals surface area contributed by atoms with Crippen molar-refractivity contribution in [1.82, 2.24) is 15.1 Å². The van der Waals surface area contributed by atoms with Gasteiger partial charge in [0.1, 0.15) is 6.04 Å². The third kappa shape index (κ3) is 7.44. The lowest BCUT2D eigenvalue weighted by atomic mass is 9.90. The highest BCUT2D eigenvalue weighted by Crippen LogP contribution is 2.24. The Morgan fingerprint density at radius 2 is 1.78 bits per heavy atom. The Hall–Kier alpha value is -1.67. The van der Waals surface area contributed by atoms with Crippen LogP contribution >= 0.6 is 0 Å². The van der Waals surface area contributed by atoms with Gasteiger partial charge in [-0.15, -0.1) is 0 Å². The van der Waals surface area contributed by atoms with E-state index in [1.807, 2.05) is 27.7 Å². The SMILES string of the molecule is CC[C@H](C)[C@@H]([C@@H](CC(=O)O)OC)N(C)C(=O)[C@@H](NC(=O)[C@H]1CCCCN1C(C)C)C(C)C. The third-order valence-electron chi connectivity index (χ3n) is 6.82. The number of nitrogens with zero attached hydrogens (tertiary/aromatic N) is 2. The molecule has 186 valence electrons. The number of hydrogen-bond donors (Lipinski definition) is 2. The zero-order valence-corrected chi connectivity index (χ0v) is 21.3. The molecule has 1 aliphatic rings. The quantitative estimate of drug-likeness (QED) is 0.469. The lowest BCUT2D eigenvalue weighted by molar-refractivity contribution is -0.148. The second-order valence-corrected chi connectivity index (χ2v) is 9.77. The van der Waals surface area contributed by atoms with Crippen LogP contribution < -0.4 is 5.32 Å². The van der Waals surface area contributed by atoms with Crippen LogP contribution in [-0.2, 0) is 19.1 Å². The predicted molar refractivity (Wildman–Crippen MR) is 125 cm³/mol. The van der Waals surface area contributed by atoms with Crippen molar-refractivity contribution in [2.24, 2.45) is 11.8 Å². The zero-order valence-electron chi connectivity index (χ0n) is 21.3. The van der Waals surface area contributed by atoms with Crippen molar-refractivity contribution in [2.75, 3.05) is 20.7 Å². The second kappa shape index (κ2) is 13.1. The number of aliphatic carboxylic acids is 1. The number of ether oxygens (including phenoxy) is 1. The minimum atomic E-state index is -0.967. The van der Waals surface area contributed by atoms with E-state index in [4.69, 9.17) is 4.74 Å². The van der Waals surface area contributed by atoms with E-state index in [2.05, 4.69) is 24.1 Å². The predicted octanol–water partition coefficient (Wildman–Crippen LogP) is 2.75. The van der Waals surface area contributed by atoms with Crippen LogP contribution in [0.5, 0.6) is 0 Å². The topological polar surface area (TPSA) is 99.2 Å². The molecule has 5 atom stereocenters. The maximum Gasteiger partial charge on any atom is 0.306 e. The van der Waals surface area contributed by atoms with Crippen LogP contribution in [0.4, 0.5) is 0 Å². The van der Waals surface area contributed by atoms with Gasteiger partial charge in [-0.3, -0.25) is 19.3 Å². The van der Waals surface area contributed by atoms with Crippen LogP contribution in [0.3, 0.4) is 0 Å². The van der Waals surface area contributed by atoms with Crippen molar-refractivity contribution >= 4 is 17.8 Å². The second-order valence-electron chi connectivity index (χ2n) is 9.77. The van der Waals surface area contributed by atoms with Crippen molar-refractivity contribution in [3.63, 3.8) is 0 Å². The van der Waals surface area contributed by atoms with Gasteiger partial charge in [0.15, 0.2) is 0 Å². The van der Waals surface area contributed by atoms with Crippen molar-refractivity contribution in [3.8, 4) is 0 Å². The molecule has 0 aromatic heterocycles. The average Bonchev–Trinajstić information content (AvgIpc) is 2.75.